The lowest BCUT2D eigenvalue weighted by Crippen LogP contribution is -2.36. The fourth-order valence-electron chi connectivity index (χ4n) is 2.94. The molecule has 8 nitrogen and oxygen atoms in total. The third kappa shape index (κ3) is 6.96. The fraction of sp³-hybridized carbons (Fsp3) is 0.333. The molecule has 0 aliphatic heterocycles. The van der Waals surface area contributed by atoms with Crippen molar-refractivity contribution in [1.82, 2.24) is 9.88 Å². The number of nitrogens with zero attached hydrogens (tertiary/aromatic N) is 1. The second-order valence-corrected chi connectivity index (χ2v) is 7.14. The molecule has 1 aromatic heterocycles. The minimum absolute atomic E-state index is 0.379. The van der Waals surface area contributed by atoms with E-state index in [0.717, 1.165) is 16.7 Å². The van der Waals surface area contributed by atoms with Gasteiger partial charge in [-0.1, -0.05) is 17.7 Å². The molecule has 1 aromatic carbocycles. The van der Waals surface area contributed by atoms with Crippen molar-refractivity contribution in [1.29, 1.82) is 0 Å². The number of halogens is 3. The van der Waals surface area contributed by atoms with Crippen LogP contribution < -0.4 is 16.2 Å². The molecule has 0 bridgehead atoms. The first-order valence-corrected chi connectivity index (χ1v) is 9.44. The topological polar surface area (TPSA) is 106 Å². The Hall–Kier alpha value is -3.63. The van der Waals surface area contributed by atoms with Crippen molar-refractivity contribution in [3.8, 4) is 0 Å². The van der Waals surface area contributed by atoms with Gasteiger partial charge in [-0.3, -0.25) is 19.2 Å². The van der Waals surface area contributed by atoms with Crippen LogP contribution in [0, 0.1) is 20.8 Å². The highest BCUT2D eigenvalue weighted by molar-refractivity contribution is 5.96. The smallest absolute Gasteiger partial charge is 0.417 e. The molecule has 0 saturated carbocycles. The van der Waals surface area contributed by atoms with Gasteiger partial charge in [0.05, 0.1) is 12.1 Å². The number of carbonyl (C=O) groups excluding carboxylic acids is 3. The molecule has 0 radical (unpaired) electrons. The van der Waals surface area contributed by atoms with Crippen LogP contribution in [0.4, 0.5) is 18.9 Å². The molecule has 0 saturated heterocycles. The minimum Gasteiger partial charge on any atom is -0.454 e. The van der Waals surface area contributed by atoms with Crippen LogP contribution in [0.25, 0.3) is 0 Å². The summed E-state index contributed by atoms with van der Waals surface area (Å²) in [4.78, 5) is 47.3. The van der Waals surface area contributed by atoms with Crippen LogP contribution in [0.5, 0.6) is 0 Å². The molecule has 0 unspecified atom stereocenters. The number of alkyl halides is 3. The number of carbonyl (C=O) groups is 3. The molecule has 2 amide bonds. The lowest BCUT2D eigenvalue weighted by Gasteiger charge is -2.13. The van der Waals surface area contributed by atoms with E-state index in [2.05, 4.69) is 15.4 Å². The van der Waals surface area contributed by atoms with E-state index in [1.54, 1.807) is 0 Å². The van der Waals surface area contributed by atoms with Gasteiger partial charge in [-0.15, -0.1) is 0 Å². The Kier molecular flexibility index (Phi) is 7.79. The Morgan fingerprint density at radius 1 is 1.03 bits per heavy atom. The molecule has 0 aliphatic rings. The van der Waals surface area contributed by atoms with Gasteiger partial charge in [0, 0.05) is 18.0 Å². The van der Waals surface area contributed by atoms with Gasteiger partial charge in [0.15, 0.2) is 6.61 Å². The average molecular weight is 453 g/mol. The molecule has 0 spiro atoms. The lowest BCUT2D eigenvalue weighted by atomic mass is 10.1. The number of nitrogens with one attached hydrogen (secondary N) is 2. The summed E-state index contributed by atoms with van der Waals surface area (Å²) in [5, 5.41) is 4.96. The number of esters is 1. The van der Waals surface area contributed by atoms with Crippen LogP contribution in [-0.4, -0.2) is 35.5 Å². The monoisotopic (exact) mass is 453 g/mol. The quantitative estimate of drug-likeness (QED) is 0.625. The number of hydrogen-bond donors (Lipinski definition) is 2. The number of aromatic nitrogens is 1. The Morgan fingerprint density at radius 2 is 1.66 bits per heavy atom. The molecule has 0 fully saturated rings. The van der Waals surface area contributed by atoms with E-state index in [1.165, 1.54) is 0 Å². The number of pyridine rings is 1. The van der Waals surface area contributed by atoms with E-state index in [9.17, 15) is 32.3 Å². The van der Waals surface area contributed by atoms with Crippen molar-refractivity contribution in [3.05, 3.63) is 63.1 Å². The van der Waals surface area contributed by atoms with Gasteiger partial charge in [-0.25, -0.2) is 0 Å². The predicted octanol–water partition coefficient (Wildman–Crippen LogP) is 2.09. The van der Waals surface area contributed by atoms with E-state index >= 15 is 0 Å². The highest BCUT2D eigenvalue weighted by Crippen LogP contribution is 2.28. The van der Waals surface area contributed by atoms with Crippen LogP contribution in [0.2, 0.25) is 0 Å². The summed E-state index contributed by atoms with van der Waals surface area (Å²) >= 11 is 0. The highest BCUT2D eigenvalue weighted by Gasteiger charge is 2.31. The third-order valence-electron chi connectivity index (χ3n) is 4.36. The van der Waals surface area contributed by atoms with Crippen LogP contribution in [-0.2, 0) is 31.8 Å². The summed E-state index contributed by atoms with van der Waals surface area (Å²) in [6.45, 7) is 3.66. The number of aryl methyl sites for hydroxylation is 3. The standard InChI is InChI=1S/C21H22F3N3O5/c1-12-6-13(2)20(14(3)7-12)26-16(28)8-25-17(29)11-32-19(31)10-27-9-15(21(22,23)24)4-5-18(27)30/h4-7,9H,8,10-11H2,1-3H3,(H,25,29)(H,26,28). The first kappa shape index (κ1) is 24.6. The van der Waals surface area contributed by atoms with Crippen molar-refractivity contribution >= 4 is 23.5 Å². The average Bonchev–Trinajstić information content (AvgIpc) is 2.68. The molecule has 2 rings (SSSR count). The normalized spacial score (nSPS) is 11.1. The molecule has 32 heavy (non-hydrogen) atoms. The number of rotatable bonds is 7. The second kappa shape index (κ2) is 10.1. The molecular formula is C21H22F3N3O5. The Bertz CT molecular complexity index is 1070. The van der Waals surface area contributed by atoms with Crippen LogP contribution in [0.3, 0.4) is 0 Å². The van der Waals surface area contributed by atoms with Crippen molar-refractivity contribution in [2.24, 2.45) is 0 Å². The van der Waals surface area contributed by atoms with Crippen LogP contribution >= 0.6 is 0 Å². The van der Waals surface area contributed by atoms with Crippen molar-refractivity contribution < 1.29 is 32.3 Å². The summed E-state index contributed by atoms with van der Waals surface area (Å²) in [5.41, 5.74) is 1.46. The largest absolute Gasteiger partial charge is 0.454 e. The predicted molar refractivity (Wildman–Crippen MR) is 109 cm³/mol. The SMILES string of the molecule is Cc1cc(C)c(NC(=O)CNC(=O)COC(=O)Cn2cc(C(F)(F)F)ccc2=O)c(C)c1. The second-order valence-electron chi connectivity index (χ2n) is 7.14. The summed E-state index contributed by atoms with van der Waals surface area (Å²) in [5.74, 6) is -2.37. The maximum absolute atomic E-state index is 12.7. The maximum atomic E-state index is 12.7. The van der Waals surface area contributed by atoms with Crippen molar-refractivity contribution in [2.75, 3.05) is 18.5 Å². The Morgan fingerprint density at radius 3 is 2.25 bits per heavy atom. The molecule has 0 atom stereocenters. The zero-order valence-corrected chi connectivity index (χ0v) is 17.6. The molecular weight excluding hydrogens is 431 g/mol. The van der Waals surface area contributed by atoms with Gasteiger partial charge < -0.3 is 19.9 Å². The van der Waals surface area contributed by atoms with Crippen LogP contribution in [0.1, 0.15) is 22.3 Å². The summed E-state index contributed by atoms with van der Waals surface area (Å²) < 4.78 is 43.4. The molecule has 11 heteroatoms. The zero-order valence-electron chi connectivity index (χ0n) is 17.6. The lowest BCUT2D eigenvalue weighted by molar-refractivity contribution is -0.149. The van der Waals surface area contributed by atoms with Gasteiger partial charge >= 0.3 is 12.1 Å². The molecule has 2 aromatic rings. The maximum Gasteiger partial charge on any atom is 0.417 e. The molecule has 1 heterocycles. The highest BCUT2D eigenvalue weighted by atomic mass is 19.4. The Labute approximate surface area is 181 Å². The molecule has 0 aliphatic carbocycles. The Balaban J connectivity index is 1.83. The van der Waals surface area contributed by atoms with E-state index in [1.807, 2.05) is 32.9 Å². The van der Waals surface area contributed by atoms with Gasteiger partial charge in [0.2, 0.25) is 5.91 Å². The number of hydrogen-bond acceptors (Lipinski definition) is 5. The first-order chi connectivity index (χ1) is 14.9. The summed E-state index contributed by atoms with van der Waals surface area (Å²) in [7, 11) is 0. The number of benzene rings is 1. The van der Waals surface area contributed by atoms with Gasteiger partial charge in [-0.2, -0.15) is 13.2 Å². The number of amides is 2. The molecule has 172 valence electrons. The summed E-state index contributed by atoms with van der Waals surface area (Å²) in [6, 6.07) is 5.08. The van der Waals surface area contributed by atoms with Crippen molar-refractivity contribution in [3.63, 3.8) is 0 Å². The summed E-state index contributed by atoms with van der Waals surface area (Å²) in [6.07, 6.45) is -4.20. The van der Waals surface area contributed by atoms with E-state index in [-0.39, 0.29) is 6.54 Å². The zero-order chi connectivity index (χ0) is 24.1. The van der Waals surface area contributed by atoms with E-state index in [4.69, 9.17) is 0 Å². The fourth-order valence-corrected chi connectivity index (χ4v) is 2.94. The number of anilines is 1. The first-order valence-electron chi connectivity index (χ1n) is 9.44. The van der Waals surface area contributed by atoms with E-state index < -0.39 is 48.2 Å². The van der Waals surface area contributed by atoms with Gasteiger partial charge in [0.1, 0.15) is 6.54 Å². The minimum atomic E-state index is -4.69. The van der Waals surface area contributed by atoms with Crippen molar-refractivity contribution in [2.45, 2.75) is 33.5 Å². The van der Waals surface area contributed by atoms with Gasteiger partial charge in [0.25, 0.3) is 11.5 Å². The molecule has 2 N–H and O–H groups in total. The van der Waals surface area contributed by atoms with Crippen LogP contribution in [0.15, 0.2) is 35.3 Å². The third-order valence-corrected chi connectivity index (χ3v) is 4.36. The van der Waals surface area contributed by atoms with Gasteiger partial charge in [-0.05, 0) is 38.0 Å². The number of ether oxygens (including phenoxy) is 1. The van der Waals surface area contributed by atoms with E-state index in [0.29, 0.717) is 28.6 Å².